The highest BCUT2D eigenvalue weighted by Crippen LogP contribution is 2.21. The van der Waals surface area contributed by atoms with Crippen molar-refractivity contribution in [3.05, 3.63) is 18.3 Å². The van der Waals surface area contributed by atoms with E-state index in [0.29, 0.717) is 23.9 Å². The minimum absolute atomic E-state index is 0.119. The fraction of sp³-hybridized carbons (Fsp3) is 0.562. The molecule has 26 heavy (non-hydrogen) atoms. The molecule has 1 amide bonds. The molecule has 0 aliphatic rings. The van der Waals surface area contributed by atoms with Crippen LogP contribution in [0.5, 0.6) is 0 Å². The largest absolute Gasteiger partial charge is 0.351 e. The van der Waals surface area contributed by atoms with Crippen LogP contribution in [0.25, 0.3) is 5.65 Å². The van der Waals surface area contributed by atoms with E-state index in [1.165, 1.54) is 28.3 Å². The maximum Gasteiger partial charge on any atom is 0.244 e. The van der Waals surface area contributed by atoms with Crippen molar-refractivity contribution in [2.45, 2.75) is 50.2 Å². The first-order valence-electron chi connectivity index (χ1n) is 8.37. The molecule has 10 heteroatoms. The van der Waals surface area contributed by atoms with Gasteiger partial charge in [-0.15, -0.1) is 10.2 Å². The predicted molar refractivity (Wildman–Crippen MR) is 102 cm³/mol. The smallest absolute Gasteiger partial charge is 0.244 e. The third-order valence-electron chi connectivity index (χ3n) is 3.53. The summed E-state index contributed by atoms with van der Waals surface area (Å²) < 4.78 is 28.4. The highest BCUT2D eigenvalue weighted by Gasteiger charge is 2.23. The topological polar surface area (TPSA) is 96.7 Å². The Morgan fingerprint density at radius 1 is 1.23 bits per heavy atom. The number of amides is 1. The van der Waals surface area contributed by atoms with Crippen LogP contribution in [0.15, 0.2) is 28.4 Å². The minimum atomic E-state index is -3.57. The third-order valence-corrected chi connectivity index (χ3v) is 6.51. The average molecular weight is 400 g/mol. The molecule has 2 heterocycles. The van der Waals surface area contributed by atoms with Crippen LogP contribution in [-0.4, -0.2) is 57.6 Å². The van der Waals surface area contributed by atoms with E-state index in [4.69, 9.17) is 0 Å². The number of sulfonamides is 1. The van der Waals surface area contributed by atoms with E-state index in [1.807, 2.05) is 20.8 Å². The molecule has 0 spiro atoms. The Hall–Kier alpha value is -1.65. The second-order valence-electron chi connectivity index (χ2n) is 6.75. The van der Waals surface area contributed by atoms with E-state index < -0.39 is 10.0 Å². The number of carbonyl (C=O) groups is 1. The lowest BCUT2D eigenvalue weighted by Gasteiger charge is -2.20. The predicted octanol–water partition coefficient (Wildman–Crippen LogP) is 1.77. The van der Waals surface area contributed by atoms with Crippen molar-refractivity contribution in [3.63, 3.8) is 0 Å². The summed E-state index contributed by atoms with van der Waals surface area (Å²) >= 11 is 1.21. The van der Waals surface area contributed by atoms with Crippen LogP contribution in [0.1, 0.15) is 34.6 Å². The van der Waals surface area contributed by atoms with Crippen LogP contribution in [0, 0.1) is 0 Å². The molecule has 0 aliphatic heterocycles. The first kappa shape index (κ1) is 20.7. The molecule has 0 radical (unpaired) electrons. The molecule has 1 N–H and O–H groups in total. The SMILES string of the molecule is CCN(CC)S(=O)(=O)c1ccc2nnc(SCC(=O)NC(C)(C)C)n2c1. The van der Waals surface area contributed by atoms with E-state index in [-0.39, 0.29) is 22.1 Å². The Balaban J connectivity index is 2.27. The third kappa shape index (κ3) is 4.74. The van der Waals surface area contributed by atoms with Gasteiger partial charge in [0.15, 0.2) is 10.8 Å². The lowest BCUT2D eigenvalue weighted by Crippen LogP contribution is -2.41. The Labute approximate surface area is 158 Å². The molecule has 0 saturated heterocycles. The number of hydrogen-bond acceptors (Lipinski definition) is 6. The summed E-state index contributed by atoms with van der Waals surface area (Å²) in [5.74, 6) is 0.0524. The van der Waals surface area contributed by atoms with Gasteiger partial charge < -0.3 is 5.32 Å². The molecule has 0 unspecified atom stereocenters. The number of aromatic nitrogens is 3. The number of nitrogens with one attached hydrogen (secondary N) is 1. The zero-order valence-electron chi connectivity index (χ0n) is 15.7. The van der Waals surface area contributed by atoms with Crippen LogP contribution in [0.3, 0.4) is 0 Å². The molecule has 2 aromatic heterocycles. The van der Waals surface area contributed by atoms with Gasteiger partial charge in [0.1, 0.15) is 0 Å². The van der Waals surface area contributed by atoms with Crippen molar-refractivity contribution >= 4 is 33.3 Å². The molecule has 0 aromatic carbocycles. The van der Waals surface area contributed by atoms with Gasteiger partial charge in [0.2, 0.25) is 15.9 Å². The molecular formula is C16H25N5O3S2. The van der Waals surface area contributed by atoms with Gasteiger partial charge in [0, 0.05) is 24.8 Å². The summed E-state index contributed by atoms with van der Waals surface area (Å²) in [6.07, 6.45) is 1.51. The Kier molecular flexibility index (Phi) is 6.30. The van der Waals surface area contributed by atoms with Crippen molar-refractivity contribution in [2.24, 2.45) is 0 Å². The summed E-state index contributed by atoms with van der Waals surface area (Å²) in [7, 11) is -3.57. The lowest BCUT2D eigenvalue weighted by molar-refractivity contribution is -0.119. The van der Waals surface area contributed by atoms with Crippen molar-refractivity contribution in [3.8, 4) is 0 Å². The molecule has 0 atom stereocenters. The molecule has 2 aromatic rings. The van der Waals surface area contributed by atoms with Crippen LogP contribution in [-0.2, 0) is 14.8 Å². The van der Waals surface area contributed by atoms with Crippen molar-refractivity contribution in [1.82, 2.24) is 24.2 Å². The molecular weight excluding hydrogens is 374 g/mol. The van der Waals surface area contributed by atoms with Crippen molar-refractivity contribution < 1.29 is 13.2 Å². The number of fused-ring (bicyclic) bond motifs is 1. The van der Waals surface area contributed by atoms with Gasteiger partial charge in [-0.3, -0.25) is 9.20 Å². The maximum absolute atomic E-state index is 12.7. The molecule has 0 aliphatic carbocycles. The summed E-state index contributed by atoms with van der Waals surface area (Å²) in [6.45, 7) is 10.1. The molecule has 8 nitrogen and oxygen atoms in total. The van der Waals surface area contributed by atoms with Gasteiger partial charge >= 0.3 is 0 Å². The number of nitrogens with zero attached hydrogens (tertiary/aromatic N) is 4. The number of carbonyl (C=O) groups excluding carboxylic acids is 1. The Morgan fingerprint density at radius 2 is 1.88 bits per heavy atom. The molecule has 2 rings (SSSR count). The van der Waals surface area contributed by atoms with Crippen molar-refractivity contribution in [1.29, 1.82) is 0 Å². The summed E-state index contributed by atoms with van der Waals surface area (Å²) in [4.78, 5) is 12.2. The number of pyridine rings is 1. The Bertz CT molecular complexity index is 883. The highest BCUT2D eigenvalue weighted by molar-refractivity contribution is 7.99. The van der Waals surface area contributed by atoms with E-state index in [0.717, 1.165) is 0 Å². The van der Waals surface area contributed by atoms with Crippen LogP contribution >= 0.6 is 11.8 Å². The van der Waals surface area contributed by atoms with E-state index >= 15 is 0 Å². The first-order valence-corrected chi connectivity index (χ1v) is 10.8. The number of thioether (sulfide) groups is 1. The fourth-order valence-corrected chi connectivity index (χ4v) is 4.57. The zero-order valence-corrected chi connectivity index (χ0v) is 17.3. The van der Waals surface area contributed by atoms with Gasteiger partial charge in [-0.1, -0.05) is 25.6 Å². The van der Waals surface area contributed by atoms with Gasteiger partial charge in [0.05, 0.1) is 10.6 Å². The second-order valence-corrected chi connectivity index (χ2v) is 9.63. The zero-order chi connectivity index (χ0) is 19.5. The molecule has 144 valence electrons. The van der Waals surface area contributed by atoms with Crippen LogP contribution < -0.4 is 5.32 Å². The summed E-state index contributed by atoms with van der Waals surface area (Å²) in [6, 6.07) is 3.14. The van der Waals surface area contributed by atoms with Gasteiger partial charge in [-0.2, -0.15) is 4.31 Å². The monoisotopic (exact) mass is 399 g/mol. The van der Waals surface area contributed by atoms with Crippen LogP contribution in [0.2, 0.25) is 0 Å². The first-order chi connectivity index (χ1) is 12.1. The molecule has 0 fully saturated rings. The van der Waals surface area contributed by atoms with E-state index in [1.54, 1.807) is 24.3 Å². The number of hydrogen-bond donors (Lipinski definition) is 1. The highest BCUT2D eigenvalue weighted by atomic mass is 32.2. The molecule has 0 saturated carbocycles. The summed E-state index contributed by atoms with van der Waals surface area (Å²) in [5.41, 5.74) is 0.220. The van der Waals surface area contributed by atoms with Crippen LogP contribution in [0.4, 0.5) is 0 Å². The van der Waals surface area contributed by atoms with Crippen molar-refractivity contribution in [2.75, 3.05) is 18.8 Å². The molecule has 0 bridgehead atoms. The Morgan fingerprint density at radius 3 is 2.46 bits per heavy atom. The maximum atomic E-state index is 12.7. The quantitative estimate of drug-likeness (QED) is 0.713. The van der Waals surface area contributed by atoms with Gasteiger partial charge in [-0.05, 0) is 32.9 Å². The number of rotatable bonds is 7. The van der Waals surface area contributed by atoms with Gasteiger partial charge in [0.25, 0.3) is 0 Å². The fourth-order valence-electron chi connectivity index (χ4n) is 2.40. The lowest BCUT2D eigenvalue weighted by atomic mass is 10.1. The van der Waals surface area contributed by atoms with E-state index in [9.17, 15) is 13.2 Å². The normalized spacial score (nSPS) is 12.7. The second kappa shape index (κ2) is 7.93. The standard InChI is InChI=1S/C16H25N5O3S2/c1-6-20(7-2)26(23,24)12-8-9-13-18-19-15(21(13)10-12)25-11-14(22)17-16(3,4)5/h8-10H,6-7,11H2,1-5H3,(H,17,22). The minimum Gasteiger partial charge on any atom is -0.351 e. The summed E-state index contributed by atoms with van der Waals surface area (Å²) in [5, 5.41) is 11.4. The van der Waals surface area contributed by atoms with Gasteiger partial charge in [-0.25, -0.2) is 8.42 Å². The van der Waals surface area contributed by atoms with E-state index in [2.05, 4.69) is 15.5 Å². The average Bonchev–Trinajstić information content (AvgIpc) is 2.94.